The summed E-state index contributed by atoms with van der Waals surface area (Å²) in [5, 5.41) is 6.19. The van der Waals surface area contributed by atoms with Gasteiger partial charge in [0, 0.05) is 35.4 Å². The number of aryl methyl sites for hydroxylation is 1. The zero-order valence-electron chi connectivity index (χ0n) is 23.9. The van der Waals surface area contributed by atoms with E-state index in [1.807, 2.05) is 30.1 Å². The standard InChI is InChI=1S/C16H20N4O3.C13H12.C3H5NO2/c1-20-10-16(22-4-5-23-16)7-14(20)15(21)18-9-12-6-11-8-17-3-2-13(11)19-12;1-11-7-9-13(10-8-11)12-5-3-2-4-6-12;5-2-1-4-3-6/h2-3,6,8,14,19H,4-5,7,9-10H2,1H3,(H,18,21);2-10H,1H3;2-3H,1H2,(H,4,6). The van der Waals surface area contributed by atoms with E-state index >= 15 is 0 Å². The second-order valence-corrected chi connectivity index (χ2v) is 10.1. The largest absolute Gasteiger partial charge is 0.357 e. The van der Waals surface area contributed by atoms with Crippen molar-refractivity contribution in [2.75, 3.05) is 33.4 Å². The molecule has 220 valence electrons. The molecule has 2 amide bonds. The lowest BCUT2D eigenvalue weighted by Crippen LogP contribution is -2.41. The number of aromatic amines is 1. The number of carbonyl (C=O) groups is 3. The van der Waals surface area contributed by atoms with Crippen molar-refractivity contribution in [3.8, 4) is 11.1 Å². The monoisotopic (exact) mass is 571 g/mol. The number of hydrogen-bond donors (Lipinski definition) is 3. The van der Waals surface area contributed by atoms with E-state index in [1.54, 1.807) is 12.4 Å². The molecule has 10 nitrogen and oxygen atoms in total. The molecule has 0 radical (unpaired) electrons. The number of benzene rings is 2. The number of nitrogens with zero attached hydrogens (tertiary/aromatic N) is 2. The average molecular weight is 572 g/mol. The van der Waals surface area contributed by atoms with Crippen molar-refractivity contribution in [2.45, 2.75) is 31.7 Å². The van der Waals surface area contributed by atoms with Crippen LogP contribution in [-0.2, 0) is 30.4 Å². The first-order chi connectivity index (χ1) is 20.4. The van der Waals surface area contributed by atoms with Crippen LogP contribution >= 0.6 is 0 Å². The van der Waals surface area contributed by atoms with Gasteiger partial charge in [0.15, 0.2) is 5.79 Å². The Morgan fingerprint density at radius 3 is 2.43 bits per heavy atom. The van der Waals surface area contributed by atoms with Crippen LogP contribution < -0.4 is 10.6 Å². The van der Waals surface area contributed by atoms with Gasteiger partial charge >= 0.3 is 0 Å². The number of fused-ring (bicyclic) bond motifs is 1. The Kier molecular flexibility index (Phi) is 10.9. The molecule has 0 saturated carbocycles. The van der Waals surface area contributed by atoms with E-state index in [9.17, 15) is 14.4 Å². The number of carbonyl (C=O) groups excluding carboxylic acids is 3. The van der Waals surface area contributed by atoms with Crippen LogP contribution in [0.1, 0.15) is 17.7 Å². The SMILES string of the molecule is CN1CC2(CC1C(=O)NCc1cc3cnccc3[nH]1)OCCO2.Cc1ccc(-c2ccccc2)cc1.O=CCNC=O. The maximum absolute atomic E-state index is 12.5. The van der Waals surface area contributed by atoms with E-state index in [4.69, 9.17) is 9.47 Å². The van der Waals surface area contributed by atoms with Crippen LogP contribution in [0, 0.1) is 6.92 Å². The van der Waals surface area contributed by atoms with E-state index < -0.39 is 5.79 Å². The van der Waals surface area contributed by atoms with Gasteiger partial charge in [-0.3, -0.25) is 19.5 Å². The topological polar surface area (TPSA) is 126 Å². The van der Waals surface area contributed by atoms with Crippen LogP contribution in [0.5, 0.6) is 0 Å². The molecular formula is C32H37N5O5. The Bertz CT molecular complexity index is 1390. The first-order valence-corrected chi connectivity index (χ1v) is 13.8. The summed E-state index contributed by atoms with van der Waals surface area (Å²) in [5.74, 6) is -0.593. The van der Waals surface area contributed by atoms with Gasteiger partial charge in [-0.1, -0.05) is 60.2 Å². The molecule has 1 atom stereocenters. The number of aldehydes is 1. The third-order valence-electron chi connectivity index (χ3n) is 7.02. The molecule has 2 aromatic carbocycles. The van der Waals surface area contributed by atoms with Gasteiger partial charge in [-0.15, -0.1) is 0 Å². The van der Waals surface area contributed by atoms with Gasteiger partial charge in [0.25, 0.3) is 0 Å². The third-order valence-corrected chi connectivity index (χ3v) is 7.02. The summed E-state index contributed by atoms with van der Waals surface area (Å²) < 4.78 is 11.4. The second kappa shape index (κ2) is 15.0. The van der Waals surface area contributed by atoms with Crippen molar-refractivity contribution >= 4 is 29.5 Å². The quantitative estimate of drug-likeness (QED) is 0.230. The second-order valence-electron chi connectivity index (χ2n) is 10.1. The lowest BCUT2D eigenvalue weighted by Gasteiger charge is -2.20. The zero-order chi connectivity index (χ0) is 29.8. The molecule has 2 aliphatic heterocycles. The first-order valence-electron chi connectivity index (χ1n) is 13.8. The maximum atomic E-state index is 12.5. The van der Waals surface area contributed by atoms with Crippen molar-refractivity contribution in [1.29, 1.82) is 0 Å². The highest BCUT2D eigenvalue weighted by Gasteiger charge is 2.49. The summed E-state index contributed by atoms with van der Waals surface area (Å²) in [7, 11) is 1.93. The number of likely N-dealkylation sites (N-methyl/N-ethyl adjacent to an activating group) is 1. The zero-order valence-corrected chi connectivity index (χ0v) is 23.9. The molecule has 2 fully saturated rings. The molecule has 2 saturated heterocycles. The van der Waals surface area contributed by atoms with Crippen LogP contribution in [0.25, 0.3) is 22.0 Å². The summed E-state index contributed by atoms with van der Waals surface area (Å²) in [6.07, 6.45) is 5.23. The van der Waals surface area contributed by atoms with Crippen molar-refractivity contribution in [2.24, 2.45) is 0 Å². The fourth-order valence-corrected chi connectivity index (χ4v) is 4.90. The van der Waals surface area contributed by atoms with Gasteiger partial charge < -0.3 is 29.9 Å². The molecule has 42 heavy (non-hydrogen) atoms. The number of rotatable bonds is 7. The lowest BCUT2D eigenvalue weighted by atomic mass is 10.0. The van der Waals surface area contributed by atoms with Crippen LogP contribution in [0.15, 0.2) is 79.1 Å². The Balaban J connectivity index is 0.000000179. The molecule has 10 heteroatoms. The Labute approximate surface area is 245 Å². The van der Waals surface area contributed by atoms with Gasteiger partial charge in [-0.05, 0) is 37.2 Å². The Morgan fingerprint density at radius 2 is 1.79 bits per heavy atom. The predicted molar refractivity (Wildman–Crippen MR) is 160 cm³/mol. The number of hydrogen-bond acceptors (Lipinski definition) is 7. The predicted octanol–water partition coefficient (Wildman–Crippen LogP) is 3.22. The molecule has 0 aliphatic carbocycles. The number of nitrogens with one attached hydrogen (secondary N) is 3. The third kappa shape index (κ3) is 8.32. The molecule has 6 rings (SSSR count). The number of likely N-dealkylation sites (tertiary alicyclic amines) is 1. The van der Waals surface area contributed by atoms with Crippen LogP contribution in [-0.4, -0.2) is 78.7 Å². The summed E-state index contributed by atoms with van der Waals surface area (Å²) in [4.78, 5) is 40.5. The molecule has 2 aromatic heterocycles. The Hall–Kier alpha value is -4.38. The minimum absolute atomic E-state index is 0.000237. The minimum Gasteiger partial charge on any atom is -0.357 e. The summed E-state index contributed by atoms with van der Waals surface area (Å²) in [6.45, 7) is 4.52. The number of pyridine rings is 1. The molecule has 4 aromatic rings. The van der Waals surface area contributed by atoms with Crippen LogP contribution in [0.3, 0.4) is 0 Å². The number of amides is 2. The highest BCUT2D eigenvalue weighted by molar-refractivity contribution is 5.83. The Morgan fingerprint density at radius 1 is 1.07 bits per heavy atom. The highest BCUT2D eigenvalue weighted by atomic mass is 16.7. The smallest absolute Gasteiger partial charge is 0.237 e. The van der Waals surface area contributed by atoms with E-state index in [2.05, 4.69) is 76.1 Å². The van der Waals surface area contributed by atoms with Gasteiger partial charge in [-0.2, -0.15) is 0 Å². The molecule has 2 aliphatic rings. The number of aromatic nitrogens is 2. The lowest BCUT2D eigenvalue weighted by molar-refractivity contribution is -0.146. The van der Waals surface area contributed by atoms with Crippen molar-refractivity contribution in [3.05, 3.63) is 90.4 Å². The molecule has 1 spiro atoms. The summed E-state index contributed by atoms with van der Waals surface area (Å²) in [5.41, 5.74) is 5.85. The normalized spacial score (nSPS) is 17.0. The number of ether oxygens (including phenoxy) is 2. The van der Waals surface area contributed by atoms with Crippen molar-refractivity contribution < 1.29 is 23.9 Å². The molecule has 1 unspecified atom stereocenters. The van der Waals surface area contributed by atoms with Crippen LogP contribution in [0.4, 0.5) is 0 Å². The summed E-state index contributed by atoms with van der Waals surface area (Å²) >= 11 is 0. The number of H-pyrrole nitrogens is 1. The fourth-order valence-electron chi connectivity index (χ4n) is 4.90. The van der Waals surface area contributed by atoms with Gasteiger partial charge in [0.1, 0.15) is 6.29 Å². The van der Waals surface area contributed by atoms with E-state index in [-0.39, 0.29) is 18.5 Å². The van der Waals surface area contributed by atoms with Crippen LogP contribution in [0.2, 0.25) is 0 Å². The van der Waals surface area contributed by atoms with Crippen molar-refractivity contribution in [1.82, 2.24) is 25.5 Å². The van der Waals surface area contributed by atoms with E-state index in [1.165, 1.54) is 16.7 Å². The van der Waals surface area contributed by atoms with Crippen molar-refractivity contribution in [3.63, 3.8) is 0 Å². The summed E-state index contributed by atoms with van der Waals surface area (Å²) in [6, 6.07) is 22.7. The first kappa shape index (κ1) is 30.6. The van der Waals surface area contributed by atoms with E-state index in [0.29, 0.717) is 45.4 Å². The minimum atomic E-state index is -0.594. The molecule has 3 N–H and O–H groups in total. The molecule has 4 heterocycles. The average Bonchev–Trinajstić information content (AvgIpc) is 3.74. The van der Waals surface area contributed by atoms with Gasteiger partial charge in [0.05, 0.1) is 38.9 Å². The molecular weight excluding hydrogens is 534 g/mol. The molecule has 0 bridgehead atoms. The maximum Gasteiger partial charge on any atom is 0.237 e. The van der Waals surface area contributed by atoms with E-state index in [0.717, 1.165) is 16.6 Å². The fraction of sp³-hybridized carbons (Fsp3) is 0.312. The highest BCUT2D eigenvalue weighted by Crippen LogP contribution is 2.33. The van der Waals surface area contributed by atoms with Gasteiger partial charge in [0.2, 0.25) is 12.3 Å². The van der Waals surface area contributed by atoms with Gasteiger partial charge in [-0.25, -0.2) is 0 Å².